The highest BCUT2D eigenvalue weighted by molar-refractivity contribution is 7.21. The first-order chi connectivity index (χ1) is 12.0. The Balaban J connectivity index is 1.90. The number of carbonyl (C=O) groups excluding carboxylic acids is 1. The van der Waals surface area contributed by atoms with Crippen LogP contribution in [0.1, 0.15) is 9.67 Å². The van der Waals surface area contributed by atoms with Crippen molar-refractivity contribution in [3.8, 4) is 11.5 Å². The molecular formula is C16H18N6O2S. The predicted molar refractivity (Wildman–Crippen MR) is 97.8 cm³/mol. The molecule has 9 heteroatoms. The maximum Gasteiger partial charge on any atom is 0.260 e. The van der Waals surface area contributed by atoms with Crippen molar-refractivity contribution >= 4 is 39.1 Å². The summed E-state index contributed by atoms with van der Waals surface area (Å²) in [5, 5.41) is 0.617. The van der Waals surface area contributed by atoms with Gasteiger partial charge in [-0.1, -0.05) is 0 Å². The Morgan fingerprint density at radius 3 is 2.68 bits per heavy atom. The lowest BCUT2D eigenvalue weighted by Gasteiger charge is -2.32. The second-order valence-corrected chi connectivity index (χ2v) is 7.03. The molecular weight excluding hydrogens is 340 g/mol. The summed E-state index contributed by atoms with van der Waals surface area (Å²) in [6.07, 6.45) is 1.58. The molecule has 1 aliphatic rings. The Kier molecular flexibility index (Phi) is 3.81. The van der Waals surface area contributed by atoms with E-state index < -0.39 is 5.91 Å². The van der Waals surface area contributed by atoms with Crippen LogP contribution in [0.4, 0.5) is 11.6 Å². The summed E-state index contributed by atoms with van der Waals surface area (Å²) in [6.45, 7) is 3.56. The Bertz CT molecular complexity index is 928. The molecule has 0 atom stereocenters. The molecule has 1 fully saturated rings. The molecule has 0 unspecified atom stereocenters. The molecule has 4 rings (SSSR count). The minimum absolute atomic E-state index is 0.299. The number of piperazine rings is 1. The first-order valence-electron chi connectivity index (χ1n) is 7.92. The van der Waals surface area contributed by atoms with Gasteiger partial charge in [0.2, 0.25) is 5.95 Å². The van der Waals surface area contributed by atoms with E-state index in [1.54, 1.807) is 12.3 Å². The first-order valence-corrected chi connectivity index (χ1v) is 8.73. The number of carbonyl (C=O) groups is 1. The van der Waals surface area contributed by atoms with Gasteiger partial charge in [0.25, 0.3) is 5.91 Å². The molecule has 0 aliphatic carbocycles. The van der Waals surface area contributed by atoms with E-state index in [0.29, 0.717) is 38.2 Å². The number of primary amides is 1. The summed E-state index contributed by atoms with van der Waals surface area (Å²) in [7, 11) is 2.09. The second-order valence-electron chi connectivity index (χ2n) is 6.03. The van der Waals surface area contributed by atoms with Crippen LogP contribution in [0, 0.1) is 0 Å². The lowest BCUT2D eigenvalue weighted by Crippen LogP contribution is -2.45. The predicted octanol–water partition coefficient (Wildman–Crippen LogP) is 1.38. The summed E-state index contributed by atoms with van der Waals surface area (Å²) in [5.74, 6) is 0.639. The molecule has 0 bridgehead atoms. The normalized spacial score (nSPS) is 15.8. The van der Waals surface area contributed by atoms with Crippen molar-refractivity contribution in [2.45, 2.75) is 0 Å². The average molecular weight is 358 g/mol. The van der Waals surface area contributed by atoms with Crippen LogP contribution in [0.2, 0.25) is 0 Å². The summed E-state index contributed by atoms with van der Waals surface area (Å²) in [5.41, 5.74) is 12.5. The van der Waals surface area contributed by atoms with Crippen LogP contribution in [0.15, 0.2) is 22.8 Å². The summed E-state index contributed by atoms with van der Waals surface area (Å²) < 4.78 is 5.53. The SMILES string of the molecule is CN1CCN(c2nc(-c3ccco3)c3c(N)c(C(N)=O)sc3n2)CC1. The Hall–Kier alpha value is -2.65. The number of nitrogen functional groups attached to an aromatic ring is 1. The maximum atomic E-state index is 11.7. The second kappa shape index (κ2) is 6.01. The molecule has 4 heterocycles. The van der Waals surface area contributed by atoms with Gasteiger partial charge < -0.3 is 25.7 Å². The van der Waals surface area contributed by atoms with Gasteiger partial charge in [-0.05, 0) is 19.2 Å². The fraction of sp³-hybridized carbons (Fsp3) is 0.312. The molecule has 1 saturated heterocycles. The molecule has 1 amide bonds. The van der Waals surface area contributed by atoms with Crippen molar-refractivity contribution in [3.63, 3.8) is 0 Å². The third-order valence-corrected chi connectivity index (χ3v) is 5.46. The minimum Gasteiger partial charge on any atom is -0.463 e. The van der Waals surface area contributed by atoms with Crippen LogP contribution in [0.25, 0.3) is 21.7 Å². The highest BCUT2D eigenvalue weighted by atomic mass is 32.1. The molecule has 130 valence electrons. The highest BCUT2D eigenvalue weighted by Crippen LogP contribution is 2.39. The van der Waals surface area contributed by atoms with E-state index in [2.05, 4.69) is 21.8 Å². The number of nitrogens with zero attached hydrogens (tertiary/aromatic N) is 4. The number of rotatable bonds is 3. The molecule has 0 saturated carbocycles. The quantitative estimate of drug-likeness (QED) is 0.727. The maximum absolute atomic E-state index is 11.7. The fourth-order valence-corrected chi connectivity index (χ4v) is 3.88. The molecule has 4 N–H and O–H groups in total. The number of fused-ring (bicyclic) bond motifs is 1. The molecule has 1 aliphatic heterocycles. The topological polar surface area (TPSA) is 115 Å². The van der Waals surface area contributed by atoms with Crippen molar-refractivity contribution < 1.29 is 9.21 Å². The zero-order chi connectivity index (χ0) is 17.6. The molecule has 3 aromatic rings. The number of furan rings is 1. The van der Waals surface area contributed by atoms with Gasteiger partial charge in [-0.25, -0.2) is 9.97 Å². The largest absolute Gasteiger partial charge is 0.463 e. The average Bonchev–Trinajstić information content (AvgIpc) is 3.23. The van der Waals surface area contributed by atoms with Gasteiger partial charge in [0.05, 0.1) is 17.3 Å². The zero-order valence-electron chi connectivity index (χ0n) is 13.7. The zero-order valence-corrected chi connectivity index (χ0v) is 14.5. The van der Waals surface area contributed by atoms with Crippen molar-refractivity contribution in [1.82, 2.24) is 14.9 Å². The monoisotopic (exact) mass is 358 g/mol. The summed E-state index contributed by atoms with van der Waals surface area (Å²) in [6, 6.07) is 3.60. The summed E-state index contributed by atoms with van der Waals surface area (Å²) >= 11 is 1.19. The standard InChI is InChI=1S/C16H18N6O2S/c1-21-4-6-22(7-5-21)16-19-12(9-3-2-8-24-9)10-11(17)13(14(18)23)25-15(10)20-16/h2-3,8H,4-7,17H2,1H3,(H2,18,23). The van der Waals surface area contributed by atoms with Crippen LogP contribution in [-0.2, 0) is 0 Å². The molecule has 3 aromatic heterocycles. The lowest BCUT2D eigenvalue weighted by molar-refractivity contribution is 0.100. The third kappa shape index (κ3) is 2.71. The van der Waals surface area contributed by atoms with Crippen molar-refractivity contribution in [1.29, 1.82) is 0 Å². The smallest absolute Gasteiger partial charge is 0.260 e. The molecule has 8 nitrogen and oxygen atoms in total. The van der Waals surface area contributed by atoms with E-state index in [1.807, 2.05) is 6.07 Å². The van der Waals surface area contributed by atoms with E-state index in [0.717, 1.165) is 26.2 Å². The van der Waals surface area contributed by atoms with Crippen molar-refractivity contribution in [3.05, 3.63) is 23.3 Å². The number of hydrogen-bond donors (Lipinski definition) is 2. The van der Waals surface area contributed by atoms with E-state index in [-0.39, 0.29) is 0 Å². The van der Waals surface area contributed by atoms with E-state index >= 15 is 0 Å². The van der Waals surface area contributed by atoms with Crippen LogP contribution in [0.3, 0.4) is 0 Å². The number of hydrogen-bond acceptors (Lipinski definition) is 8. The van der Waals surface area contributed by atoms with Crippen molar-refractivity contribution in [2.24, 2.45) is 5.73 Å². The van der Waals surface area contributed by atoms with Crippen LogP contribution < -0.4 is 16.4 Å². The highest BCUT2D eigenvalue weighted by Gasteiger charge is 2.24. The number of aromatic nitrogens is 2. The van der Waals surface area contributed by atoms with E-state index in [4.69, 9.17) is 20.9 Å². The Morgan fingerprint density at radius 1 is 1.28 bits per heavy atom. The van der Waals surface area contributed by atoms with E-state index in [9.17, 15) is 4.79 Å². The molecule has 0 aromatic carbocycles. The number of thiophene rings is 1. The third-order valence-electron chi connectivity index (χ3n) is 4.34. The van der Waals surface area contributed by atoms with Gasteiger partial charge in [-0.3, -0.25) is 4.79 Å². The fourth-order valence-electron chi connectivity index (χ4n) is 2.93. The molecule has 25 heavy (non-hydrogen) atoms. The Labute approximate surface area is 148 Å². The molecule has 0 spiro atoms. The minimum atomic E-state index is -0.563. The van der Waals surface area contributed by atoms with Gasteiger partial charge >= 0.3 is 0 Å². The number of nitrogens with two attached hydrogens (primary N) is 2. The van der Waals surface area contributed by atoms with Gasteiger partial charge in [-0.15, -0.1) is 11.3 Å². The number of likely N-dealkylation sites (N-methyl/N-ethyl adjacent to an activating group) is 1. The Morgan fingerprint density at radius 2 is 2.04 bits per heavy atom. The van der Waals surface area contributed by atoms with Crippen LogP contribution in [0.5, 0.6) is 0 Å². The number of anilines is 2. The van der Waals surface area contributed by atoms with Crippen LogP contribution >= 0.6 is 11.3 Å². The van der Waals surface area contributed by atoms with Gasteiger partial charge in [0.15, 0.2) is 5.76 Å². The van der Waals surface area contributed by atoms with Crippen molar-refractivity contribution in [2.75, 3.05) is 43.9 Å². The number of amides is 1. The van der Waals surface area contributed by atoms with Gasteiger partial charge in [0, 0.05) is 26.2 Å². The van der Waals surface area contributed by atoms with Gasteiger partial charge in [0.1, 0.15) is 15.4 Å². The van der Waals surface area contributed by atoms with Gasteiger partial charge in [-0.2, -0.15) is 0 Å². The lowest BCUT2D eigenvalue weighted by atomic mass is 10.2. The first kappa shape index (κ1) is 15.9. The molecule has 0 radical (unpaired) electrons. The van der Waals surface area contributed by atoms with Crippen LogP contribution in [-0.4, -0.2) is 54.0 Å². The summed E-state index contributed by atoms with van der Waals surface area (Å²) in [4.78, 5) is 26.4. The van der Waals surface area contributed by atoms with E-state index in [1.165, 1.54) is 11.3 Å².